The average Bonchev–Trinajstić information content (AvgIpc) is 2.45. The molecule has 0 amide bonds. The smallest absolute Gasteiger partial charge is 0.136 e. The molecule has 2 aromatic rings. The van der Waals surface area contributed by atoms with Gasteiger partial charge in [0.2, 0.25) is 0 Å². The number of nitrogens with zero attached hydrogens (tertiary/aromatic N) is 2. The number of fused-ring (bicyclic) bond motifs is 1. The molecule has 0 atom stereocenters. The fourth-order valence-corrected chi connectivity index (χ4v) is 0.932. The van der Waals surface area contributed by atoms with Crippen LogP contribution in [0.25, 0.3) is 5.65 Å². The first-order valence-corrected chi connectivity index (χ1v) is 3.01. The van der Waals surface area contributed by atoms with E-state index in [2.05, 4.69) is 4.98 Å². The molecule has 0 radical (unpaired) electrons. The standard InChI is InChI=1S/C8H8N2/c1-7-6-9-8-4-2-3-5-10(7)8/h2-6H,1H3/i1D3. The van der Waals surface area contributed by atoms with Crippen LogP contribution in [0, 0.1) is 6.85 Å². The molecule has 0 aliphatic carbocycles. The average molecular weight is 135 g/mol. The van der Waals surface area contributed by atoms with Gasteiger partial charge in [-0.05, 0) is 19.0 Å². The summed E-state index contributed by atoms with van der Waals surface area (Å²) in [5.41, 5.74) is 0.914. The molecule has 0 fully saturated rings. The molecule has 0 bridgehead atoms. The maximum atomic E-state index is 7.24. The SMILES string of the molecule is [2H]C([2H])([2H])c1cnc2ccccn12. The molecular formula is C8H8N2. The van der Waals surface area contributed by atoms with E-state index in [1.165, 1.54) is 6.20 Å². The highest BCUT2D eigenvalue weighted by Gasteiger charge is 1.93. The van der Waals surface area contributed by atoms with Gasteiger partial charge in [0.1, 0.15) is 5.65 Å². The zero-order valence-electron chi connectivity index (χ0n) is 8.28. The minimum Gasteiger partial charge on any atom is -0.304 e. The van der Waals surface area contributed by atoms with E-state index in [9.17, 15) is 0 Å². The summed E-state index contributed by atoms with van der Waals surface area (Å²) < 4.78 is 23.3. The molecule has 0 saturated carbocycles. The van der Waals surface area contributed by atoms with Gasteiger partial charge in [0.25, 0.3) is 0 Å². The van der Waals surface area contributed by atoms with Crippen molar-refractivity contribution in [2.45, 2.75) is 6.85 Å². The largest absolute Gasteiger partial charge is 0.304 e. The first kappa shape index (κ1) is 3.19. The van der Waals surface area contributed by atoms with Gasteiger partial charge in [0.15, 0.2) is 0 Å². The van der Waals surface area contributed by atoms with Crippen LogP contribution >= 0.6 is 0 Å². The van der Waals surface area contributed by atoms with Gasteiger partial charge in [-0.25, -0.2) is 4.98 Å². The lowest BCUT2D eigenvalue weighted by Crippen LogP contribution is -1.83. The van der Waals surface area contributed by atoms with Crippen LogP contribution in [-0.2, 0) is 0 Å². The summed E-state index contributed by atoms with van der Waals surface area (Å²) in [4.78, 5) is 3.99. The summed E-state index contributed by atoms with van der Waals surface area (Å²) in [6.45, 7) is -2.10. The van der Waals surface area contributed by atoms with Crippen LogP contribution in [-0.4, -0.2) is 9.38 Å². The zero-order valence-corrected chi connectivity index (χ0v) is 5.28. The molecule has 0 saturated heterocycles. The highest BCUT2D eigenvalue weighted by atomic mass is 15.0. The lowest BCUT2D eigenvalue weighted by Gasteiger charge is -1.91. The highest BCUT2D eigenvalue weighted by molar-refractivity contribution is 5.39. The summed E-state index contributed by atoms with van der Waals surface area (Å²) in [7, 11) is 0. The van der Waals surface area contributed by atoms with E-state index < -0.39 is 6.85 Å². The van der Waals surface area contributed by atoms with Crippen molar-refractivity contribution in [3.8, 4) is 0 Å². The Labute approximate surface area is 63.3 Å². The van der Waals surface area contributed by atoms with Crippen molar-refractivity contribution < 1.29 is 4.11 Å². The second-order valence-corrected chi connectivity index (χ2v) is 2.07. The van der Waals surface area contributed by atoms with Gasteiger partial charge >= 0.3 is 0 Å². The second kappa shape index (κ2) is 1.84. The number of pyridine rings is 1. The molecule has 2 heterocycles. The van der Waals surface area contributed by atoms with Gasteiger partial charge in [-0.15, -0.1) is 0 Å². The third-order valence-electron chi connectivity index (χ3n) is 1.42. The minimum absolute atomic E-state index is 0.253. The molecule has 0 aliphatic heterocycles. The van der Waals surface area contributed by atoms with E-state index in [0.717, 1.165) is 0 Å². The molecule has 2 rings (SSSR count). The number of rotatable bonds is 0. The Morgan fingerprint density at radius 3 is 3.50 bits per heavy atom. The Hall–Kier alpha value is -1.31. The Balaban J connectivity index is 2.72. The molecule has 0 spiro atoms. The lowest BCUT2D eigenvalue weighted by atomic mass is 10.4. The fraction of sp³-hybridized carbons (Fsp3) is 0.125. The number of hydrogen-bond donors (Lipinski definition) is 0. The quantitative estimate of drug-likeness (QED) is 0.536. The van der Waals surface area contributed by atoms with Crippen molar-refractivity contribution in [3.63, 3.8) is 0 Å². The van der Waals surface area contributed by atoms with Gasteiger partial charge in [-0.2, -0.15) is 0 Å². The second-order valence-electron chi connectivity index (χ2n) is 2.07. The number of aryl methyl sites for hydroxylation is 1. The number of hydrogen-bond acceptors (Lipinski definition) is 1. The first-order chi connectivity index (χ1) is 6.09. The Morgan fingerprint density at radius 1 is 1.60 bits per heavy atom. The Kier molecular flexibility index (Phi) is 0.586. The minimum atomic E-state index is -2.10. The van der Waals surface area contributed by atoms with Crippen molar-refractivity contribution in [1.29, 1.82) is 0 Å². The monoisotopic (exact) mass is 135 g/mol. The summed E-state index contributed by atoms with van der Waals surface area (Å²) in [5.74, 6) is 0. The Bertz CT molecular complexity index is 430. The maximum absolute atomic E-state index is 7.24. The molecule has 10 heavy (non-hydrogen) atoms. The van der Waals surface area contributed by atoms with Gasteiger partial charge < -0.3 is 4.40 Å². The van der Waals surface area contributed by atoms with Crippen molar-refractivity contribution in [2.24, 2.45) is 0 Å². The van der Waals surface area contributed by atoms with E-state index in [1.807, 2.05) is 6.07 Å². The van der Waals surface area contributed by atoms with Crippen molar-refractivity contribution >= 4 is 5.65 Å². The van der Waals surface area contributed by atoms with Crippen LogP contribution in [0.15, 0.2) is 30.6 Å². The molecule has 50 valence electrons. The third-order valence-corrected chi connectivity index (χ3v) is 1.42. The number of aromatic nitrogens is 2. The van der Waals surface area contributed by atoms with E-state index in [4.69, 9.17) is 4.11 Å². The molecule has 2 heteroatoms. The third kappa shape index (κ3) is 0.620. The predicted molar refractivity (Wildman–Crippen MR) is 39.9 cm³/mol. The summed E-state index contributed by atoms with van der Waals surface area (Å²) in [6.07, 6.45) is 3.09. The first-order valence-electron chi connectivity index (χ1n) is 4.51. The normalized spacial score (nSPS) is 16.2. The van der Waals surface area contributed by atoms with Crippen molar-refractivity contribution in [2.75, 3.05) is 0 Å². The molecule has 2 nitrogen and oxygen atoms in total. The molecular weight excluding hydrogens is 124 g/mol. The summed E-state index contributed by atoms with van der Waals surface area (Å²) >= 11 is 0. The van der Waals surface area contributed by atoms with Crippen molar-refractivity contribution in [3.05, 3.63) is 36.3 Å². The van der Waals surface area contributed by atoms with Gasteiger partial charge in [0.05, 0.1) is 0 Å². The van der Waals surface area contributed by atoms with Gasteiger partial charge in [0, 0.05) is 22.2 Å². The van der Waals surface area contributed by atoms with Crippen LogP contribution < -0.4 is 0 Å². The van der Waals surface area contributed by atoms with Crippen LogP contribution in [0.1, 0.15) is 9.81 Å². The van der Waals surface area contributed by atoms with E-state index in [0.29, 0.717) is 5.65 Å². The topological polar surface area (TPSA) is 17.3 Å². The molecule has 2 aromatic heterocycles. The maximum Gasteiger partial charge on any atom is 0.136 e. The zero-order chi connectivity index (χ0) is 9.47. The van der Waals surface area contributed by atoms with Crippen LogP contribution in [0.3, 0.4) is 0 Å². The fourth-order valence-electron chi connectivity index (χ4n) is 0.932. The molecule has 0 aromatic carbocycles. The van der Waals surface area contributed by atoms with Gasteiger partial charge in [-0.3, -0.25) is 0 Å². The molecule has 0 N–H and O–H groups in total. The van der Waals surface area contributed by atoms with E-state index in [-0.39, 0.29) is 5.69 Å². The molecule has 0 aliphatic rings. The van der Waals surface area contributed by atoms with E-state index >= 15 is 0 Å². The van der Waals surface area contributed by atoms with Crippen LogP contribution in [0.5, 0.6) is 0 Å². The predicted octanol–water partition coefficient (Wildman–Crippen LogP) is 1.64. The van der Waals surface area contributed by atoms with Crippen molar-refractivity contribution in [1.82, 2.24) is 9.38 Å². The highest BCUT2D eigenvalue weighted by Crippen LogP contribution is 2.02. The Morgan fingerprint density at radius 2 is 2.60 bits per heavy atom. The van der Waals surface area contributed by atoms with Crippen LogP contribution in [0.4, 0.5) is 0 Å². The van der Waals surface area contributed by atoms with E-state index in [1.54, 1.807) is 22.7 Å². The van der Waals surface area contributed by atoms with Crippen LogP contribution in [0.2, 0.25) is 0 Å². The lowest BCUT2D eigenvalue weighted by molar-refractivity contribution is 1.11. The molecule has 0 unspecified atom stereocenters. The van der Waals surface area contributed by atoms with Gasteiger partial charge in [-0.1, -0.05) is 6.07 Å². The summed E-state index contributed by atoms with van der Waals surface area (Å²) in [6, 6.07) is 5.38. The number of imidazole rings is 1. The summed E-state index contributed by atoms with van der Waals surface area (Å²) in [5, 5.41) is 0.